The summed E-state index contributed by atoms with van der Waals surface area (Å²) < 4.78 is 10.9. The molecule has 1 aliphatic heterocycles. The second-order valence-corrected chi connectivity index (χ2v) is 5.17. The van der Waals surface area contributed by atoms with E-state index in [2.05, 4.69) is 10.6 Å². The standard InChI is InChI=1S/C16H23N3O4/c1-3-19(16(21)6-7-17-2)11-15(20)18-12-4-5-13-14(10-12)23-9-8-22-13/h4-5,10,17H,3,6-9,11H2,1-2H3,(H,18,20). The molecule has 0 fully saturated rings. The molecular formula is C16H23N3O4. The van der Waals surface area contributed by atoms with Gasteiger partial charge in [0.15, 0.2) is 11.5 Å². The smallest absolute Gasteiger partial charge is 0.243 e. The van der Waals surface area contributed by atoms with Crippen LogP contribution >= 0.6 is 0 Å². The second-order valence-electron chi connectivity index (χ2n) is 5.17. The molecule has 0 spiro atoms. The first-order chi connectivity index (χ1) is 11.1. The highest BCUT2D eigenvalue weighted by molar-refractivity contribution is 5.94. The molecule has 7 nitrogen and oxygen atoms in total. The van der Waals surface area contributed by atoms with Crippen molar-refractivity contribution in [3.8, 4) is 11.5 Å². The number of ether oxygens (including phenoxy) is 2. The molecule has 0 aromatic heterocycles. The van der Waals surface area contributed by atoms with Gasteiger partial charge in [0.2, 0.25) is 11.8 Å². The van der Waals surface area contributed by atoms with E-state index < -0.39 is 0 Å². The molecule has 0 bridgehead atoms. The monoisotopic (exact) mass is 321 g/mol. The van der Waals surface area contributed by atoms with Crippen molar-refractivity contribution in [3.63, 3.8) is 0 Å². The Morgan fingerprint density at radius 3 is 2.65 bits per heavy atom. The van der Waals surface area contributed by atoms with Crippen molar-refractivity contribution in [1.82, 2.24) is 10.2 Å². The number of carbonyl (C=O) groups is 2. The van der Waals surface area contributed by atoms with E-state index >= 15 is 0 Å². The number of likely N-dealkylation sites (N-methyl/N-ethyl adjacent to an activating group) is 1. The zero-order chi connectivity index (χ0) is 16.7. The van der Waals surface area contributed by atoms with E-state index in [1.54, 1.807) is 25.2 Å². The van der Waals surface area contributed by atoms with Crippen LogP contribution in [0, 0.1) is 0 Å². The highest BCUT2D eigenvalue weighted by Gasteiger charge is 2.16. The predicted molar refractivity (Wildman–Crippen MR) is 86.9 cm³/mol. The third kappa shape index (κ3) is 4.85. The first-order valence-corrected chi connectivity index (χ1v) is 7.76. The van der Waals surface area contributed by atoms with Gasteiger partial charge in [-0.1, -0.05) is 0 Å². The number of nitrogens with one attached hydrogen (secondary N) is 2. The van der Waals surface area contributed by atoms with Gasteiger partial charge in [0, 0.05) is 31.3 Å². The third-order valence-corrected chi connectivity index (χ3v) is 3.48. The minimum Gasteiger partial charge on any atom is -0.486 e. The molecule has 2 N–H and O–H groups in total. The molecule has 23 heavy (non-hydrogen) atoms. The lowest BCUT2D eigenvalue weighted by molar-refractivity contribution is -0.134. The summed E-state index contributed by atoms with van der Waals surface area (Å²) >= 11 is 0. The summed E-state index contributed by atoms with van der Waals surface area (Å²) in [6, 6.07) is 5.25. The highest BCUT2D eigenvalue weighted by atomic mass is 16.6. The van der Waals surface area contributed by atoms with Gasteiger partial charge >= 0.3 is 0 Å². The summed E-state index contributed by atoms with van der Waals surface area (Å²) in [6.45, 7) is 4.01. The largest absolute Gasteiger partial charge is 0.486 e. The summed E-state index contributed by atoms with van der Waals surface area (Å²) in [5.41, 5.74) is 0.623. The van der Waals surface area contributed by atoms with Crippen molar-refractivity contribution >= 4 is 17.5 Å². The first kappa shape index (κ1) is 17.1. The van der Waals surface area contributed by atoms with E-state index in [-0.39, 0.29) is 18.4 Å². The van der Waals surface area contributed by atoms with E-state index in [0.29, 0.717) is 49.9 Å². The normalized spacial score (nSPS) is 12.6. The second kappa shape index (κ2) is 8.38. The van der Waals surface area contributed by atoms with Gasteiger partial charge in [-0.2, -0.15) is 0 Å². The molecule has 0 saturated heterocycles. The van der Waals surface area contributed by atoms with Gasteiger partial charge in [0.25, 0.3) is 0 Å². The number of anilines is 1. The Morgan fingerprint density at radius 1 is 1.22 bits per heavy atom. The molecule has 0 radical (unpaired) electrons. The van der Waals surface area contributed by atoms with Gasteiger partial charge < -0.3 is 25.0 Å². The number of carbonyl (C=O) groups excluding carboxylic acids is 2. The highest BCUT2D eigenvalue weighted by Crippen LogP contribution is 2.32. The van der Waals surface area contributed by atoms with E-state index in [4.69, 9.17) is 9.47 Å². The molecule has 2 rings (SSSR count). The van der Waals surface area contributed by atoms with Crippen LogP contribution in [0.3, 0.4) is 0 Å². The van der Waals surface area contributed by atoms with Gasteiger partial charge in [0.1, 0.15) is 13.2 Å². The average molecular weight is 321 g/mol. The molecule has 1 heterocycles. The molecule has 0 aliphatic carbocycles. The Bertz CT molecular complexity index is 562. The molecule has 0 atom stereocenters. The van der Waals surface area contributed by atoms with Gasteiger partial charge in [-0.3, -0.25) is 9.59 Å². The molecule has 1 aliphatic rings. The maximum Gasteiger partial charge on any atom is 0.243 e. The molecule has 126 valence electrons. The summed E-state index contributed by atoms with van der Waals surface area (Å²) in [4.78, 5) is 25.6. The molecule has 0 saturated carbocycles. The van der Waals surface area contributed by atoms with Crippen molar-refractivity contribution in [2.24, 2.45) is 0 Å². The molecular weight excluding hydrogens is 298 g/mol. The van der Waals surface area contributed by atoms with E-state index in [0.717, 1.165) is 0 Å². The fourth-order valence-electron chi connectivity index (χ4n) is 2.26. The third-order valence-electron chi connectivity index (χ3n) is 3.48. The topological polar surface area (TPSA) is 79.9 Å². The van der Waals surface area contributed by atoms with Crippen molar-refractivity contribution in [2.45, 2.75) is 13.3 Å². The molecule has 1 aromatic carbocycles. The van der Waals surface area contributed by atoms with Crippen LogP contribution in [0.5, 0.6) is 11.5 Å². The van der Waals surface area contributed by atoms with Crippen molar-refractivity contribution in [3.05, 3.63) is 18.2 Å². The van der Waals surface area contributed by atoms with Crippen LogP contribution in [0.25, 0.3) is 0 Å². The summed E-state index contributed by atoms with van der Waals surface area (Å²) in [5, 5.41) is 5.71. The Morgan fingerprint density at radius 2 is 1.96 bits per heavy atom. The van der Waals surface area contributed by atoms with Gasteiger partial charge in [-0.25, -0.2) is 0 Å². The maximum absolute atomic E-state index is 12.1. The molecule has 1 aromatic rings. The molecule has 7 heteroatoms. The maximum atomic E-state index is 12.1. The zero-order valence-electron chi connectivity index (χ0n) is 13.6. The molecule has 2 amide bonds. The van der Waals surface area contributed by atoms with Crippen LogP contribution in [0.2, 0.25) is 0 Å². The van der Waals surface area contributed by atoms with Crippen LogP contribution < -0.4 is 20.1 Å². The Labute approximate surface area is 135 Å². The number of rotatable bonds is 7. The number of nitrogens with zero attached hydrogens (tertiary/aromatic N) is 1. The Hall–Kier alpha value is -2.28. The Balaban J connectivity index is 1.91. The van der Waals surface area contributed by atoms with E-state index in [1.807, 2.05) is 6.92 Å². The number of hydrogen-bond acceptors (Lipinski definition) is 5. The predicted octanol–water partition coefficient (Wildman–Crippen LogP) is 0.854. The minimum absolute atomic E-state index is 0.0352. The van der Waals surface area contributed by atoms with Crippen LogP contribution in [0.1, 0.15) is 13.3 Å². The SMILES string of the molecule is CCN(CC(=O)Nc1ccc2c(c1)OCCO2)C(=O)CCNC. The van der Waals surface area contributed by atoms with E-state index in [1.165, 1.54) is 4.90 Å². The lowest BCUT2D eigenvalue weighted by atomic mass is 10.2. The summed E-state index contributed by atoms with van der Waals surface area (Å²) in [5.74, 6) is 1.01. The summed E-state index contributed by atoms with van der Waals surface area (Å²) in [7, 11) is 1.79. The lowest BCUT2D eigenvalue weighted by Crippen LogP contribution is -2.38. The minimum atomic E-state index is -0.235. The van der Waals surface area contributed by atoms with Crippen LogP contribution in [-0.4, -0.2) is 56.6 Å². The van der Waals surface area contributed by atoms with Crippen LogP contribution in [0.15, 0.2) is 18.2 Å². The van der Waals surface area contributed by atoms with Crippen LogP contribution in [0.4, 0.5) is 5.69 Å². The average Bonchev–Trinajstić information content (AvgIpc) is 2.57. The number of benzene rings is 1. The number of fused-ring (bicyclic) bond motifs is 1. The molecule has 0 unspecified atom stereocenters. The zero-order valence-corrected chi connectivity index (χ0v) is 13.6. The van der Waals surface area contributed by atoms with Gasteiger partial charge in [-0.15, -0.1) is 0 Å². The first-order valence-electron chi connectivity index (χ1n) is 7.76. The van der Waals surface area contributed by atoms with Gasteiger partial charge in [-0.05, 0) is 26.1 Å². The van der Waals surface area contributed by atoms with Crippen molar-refractivity contribution in [2.75, 3.05) is 45.2 Å². The number of hydrogen-bond donors (Lipinski definition) is 2. The summed E-state index contributed by atoms with van der Waals surface area (Å²) in [6.07, 6.45) is 0.377. The lowest BCUT2D eigenvalue weighted by Gasteiger charge is -2.21. The Kier molecular flexibility index (Phi) is 6.22. The van der Waals surface area contributed by atoms with Gasteiger partial charge in [0.05, 0.1) is 6.54 Å². The fraction of sp³-hybridized carbons (Fsp3) is 0.500. The number of amides is 2. The van der Waals surface area contributed by atoms with Crippen molar-refractivity contribution in [1.29, 1.82) is 0 Å². The van der Waals surface area contributed by atoms with E-state index in [9.17, 15) is 9.59 Å². The van der Waals surface area contributed by atoms with Crippen molar-refractivity contribution < 1.29 is 19.1 Å². The quantitative estimate of drug-likeness (QED) is 0.778. The van der Waals surface area contributed by atoms with Crippen LogP contribution in [-0.2, 0) is 9.59 Å². The fourth-order valence-corrected chi connectivity index (χ4v) is 2.26.